The van der Waals surface area contributed by atoms with E-state index in [0.29, 0.717) is 17.5 Å². The number of ether oxygens (including phenoxy) is 2. The van der Waals surface area contributed by atoms with Gasteiger partial charge < -0.3 is 25.2 Å². The van der Waals surface area contributed by atoms with Gasteiger partial charge in [-0.05, 0) is 31.5 Å². The number of benzene rings is 1. The molecule has 9 heteroatoms. The molecule has 1 unspecified atom stereocenters. The van der Waals surface area contributed by atoms with Gasteiger partial charge in [-0.3, -0.25) is 4.99 Å². The standard InChI is InChI=1S/C19H28N4O3S.HI/c1-5-20-19(21-9-8-15-12-27-13(2)23-15)22-11-16(24)14-6-7-17(25-3)18(10-14)26-4;/h6-7,10,12,16,24H,5,8-9,11H2,1-4H3,(H2,20,21,22);1H. The second-order valence-corrected chi connectivity index (χ2v) is 6.95. The second-order valence-electron chi connectivity index (χ2n) is 5.88. The van der Waals surface area contributed by atoms with E-state index in [0.717, 1.165) is 35.8 Å². The van der Waals surface area contributed by atoms with Gasteiger partial charge >= 0.3 is 0 Å². The van der Waals surface area contributed by atoms with E-state index in [1.807, 2.05) is 19.9 Å². The molecule has 0 radical (unpaired) electrons. The lowest BCUT2D eigenvalue weighted by molar-refractivity contribution is 0.186. The van der Waals surface area contributed by atoms with Gasteiger partial charge in [0.1, 0.15) is 0 Å². The lowest BCUT2D eigenvalue weighted by atomic mass is 10.1. The molecule has 3 N–H and O–H groups in total. The molecule has 0 saturated carbocycles. The highest BCUT2D eigenvalue weighted by Crippen LogP contribution is 2.30. The normalized spacial score (nSPS) is 12.1. The van der Waals surface area contributed by atoms with Crippen molar-refractivity contribution in [2.75, 3.05) is 33.9 Å². The van der Waals surface area contributed by atoms with Gasteiger partial charge in [-0.1, -0.05) is 6.07 Å². The van der Waals surface area contributed by atoms with Gasteiger partial charge in [0, 0.05) is 24.9 Å². The van der Waals surface area contributed by atoms with Crippen LogP contribution in [-0.4, -0.2) is 49.9 Å². The maximum absolute atomic E-state index is 10.5. The fraction of sp³-hybridized carbons (Fsp3) is 0.474. The predicted molar refractivity (Wildman–Crippen MR) is 124 cm³/mol. The minimum atomic E-state index is -0.735. The summed E-state index contributed by atoms with van der Waals surface area (Å²) in [6.07, 6.45) is 0.0916. The van der Waals surface area contributed by atoms with E-state index in [4.69, 9.17) is 9.47 Å². The highest BCUT2D eigenvalue weighted by molar-refractivity contribution is 14.0. The van der Waals surface area contributed by atoms with Crippen molar-refractivity contribution < 1.29 is 14.6 Å². The third-order valence-electron chi connectivity index (χ3n) is 3.90. The Morgan fingerprint density at radius 1 is 1.25 bits per heavy atom. The maximum atomic E-state index is 10.5. The summed E-state index contributed by atoms with van der Waals surface area (Å²) in [5.74, 6) is 1.88. The monoisotopic (exact) mass is 520 g/mol. The zero-order chi connectivity index (χ0) is 19.6. The van der Waals surface area contributed by atoms with Crippen molar-refractivity contribution in [1.29, 1.82) is 0 Å². The number of aromatic nitrogens is 1. The van der Waals surface area contributed by atoms with Crippen molar-refractivity contribution in [2.45, 2.75) is 26.4 Å². The molecule has 1 aromatic carbocycles. The molecule has 0 amide bonds. The third kappa shape index (κ3) is 7.44. The van der Waals surface area contributed by atoms with Crippen LogP contribution in [-0.2, 0) is 6.42 Å². The number of aryl methyl sites for hydroxylation is 1. The van der Waals surface area contributed by atoms with Crippen LogP contribution in [0.1, 0.15) is 29.3 Å². The molecule has 0 bridgehead atoms. The van der Waals surface area contributed by atoms with Crippen LogP contribution >= 0.6 is 35.3 Å². The Hall–Kier alpha value is -1.59. The Balaban J connectivity index is 0.00000392. The molecule has 1 aromatic heterocycles. The van der Waals surface area contributed by atoms with Crippen LogP contribution in [0.5, 0.6) is 11.5 Å². The summed E-state index contributed by atoms with van der Waals surface area (Å²) in [5, 5.41) is 20.1. The van der Waals surface area contributed by atoms with Crippen molar-refractivity contribution in [3.63, 3.8) is 0 Å². The SMILES string of the molecule is CCNC(=NCC(O)c1ccc(OC)c(OC)c1)NCCc1csc(C)n1.I. The van der Waals surface area contributed by atoms with Crippen molar-refractivity contribution in [3.8, 4) is 11.5 Å². The van der Waals surface area contributed by atoms with E-state index < -0.39 is 6.10 Å². The Labute approximate surface area is 187 Å². The van der Waals surface area contributed by atoms with Crippen LogP contribution < -0.4 is 20.1 Å². The Morgan fingerprint density at radius 3 is 2.61 bits per heavy atom. The molecule has 2 rings (SSSR count). The largest absolute Gasteiger partial charge is 0.493 e. The lowest BCUT2D eigenvalue weighted by Crippen LogP contribution is -2.38. The van der Waals surface area contributed by atoms with E-state index in [1.54, 1.807) is 37.7 Å². The lowest BCUT2D eigenvalue weighted by Gasteiger charge is -2.14. The molecule has 0 spiro atoms. The number of rotatable bonds is 9. The second kappa shape index (κ2) is 12.8. The van der Waals surface area contributed by atoms with Crippen molar-refractivity contribution in [1.82, 2.24) is 15.6 Å². The first-order chi connectivity index (χ1) is 13.1. The van der Waals surface area contributed by atoms with Crippen LogP contribution in [0.25, 0.3) is 0 Å². The van der Waals surface area contributed by atoms with Crippen LogP contribution in [0.2, 0.25) is 0 Å². The summed E-state index contributed by atoms with van der Waals surface area (Å²) < 4.78 is 10.5. The fourth-order valence-corrected chi connectivity index (χ4v) is 3.16. The number of nitrogens with zero attached hydrogens (tertiary/aromatic N) is 2. The van der Waals surface area contributed by atoms with Gasteiger partial charge in [-0.2, -0.15) is 0 Å². The van der Waals surface area contributed by atoms with Crippen molar-refractivity contribution >= 4 is 41.3 Å². The van der Waals surface area contributed by atoms with E-state index in [2.05, 4.69) is 26.0 Å². The zero-order valence-corrected chi connectivity index (χ0v) is 19.8. The average Bonchev–Trinajstić information content (AvgIpc) is 3.10. The maximum Gasteiger partial charge on any atom is 0.191 e. The quantitative estimate of drug-likeness (QED) is 0.268. The van der Waals surface area contributed by atoms with Gasteiger partial charge in [0.05, 0.1) is 37.6 Å². The summed E-state index contributed by atoms with van der Waals surface area (Å²) in [7, 11) is 3.16. The molecular weight excluding hydrogens is 491 g/mol. The molecule has 0 aliphatic carbocycles. The number of methoxy groups -OCH3 is 2. The molecule has 0 fully saturated rings. The number of thiazole rings is 1. The molecule has 1 heterocycles. The minimum Gasteiger partial charge on any atom is -0.493 e. The third-order valence-corrected chi connectivity index (χ3v) is 4.72. The Kier molecular flexibility index (Phi) is 11.2. The first kappa shape index (κ1) is 24.4. The molecule has 2 aromatic rings. The predicted octanol–water partition coefficient (Wildman–Crippen LogP) is 2.92. The van der Waals surface area contributed by atoms with Crippen LogP contribution in [0.4, 0.5) is 0 Å². The van der Waals surface area contributed by atoms with Crippen LogP contribution in [0.15, 0.2) is 28.6 Å². The minimum absolute atomic E-state index is 0. The number of halogens is 1. The molecule has 7 nitrogen and oxygen atoms in total. The smallest absolute Gasteiger partial charge is 0.191 e. The van der Waals surface area contributed by atoms with Crippen LogP contribution in [0.3, 0.4) is 0 Å². The fourth-order valence-electron chi connectivity index (χ4n) is 2.52. The summed E-state index contributed by atoms with van der Waals surface area (Å²) in [6, 6.07) is 5.36. The van der Waals surface area contributed by atoms with E-state index >= 15 is 0 Å². The Morgan fingerprint density at radius 2 is 2.00 bits per heavy atom. The van der Waals surface area contributed by atoms with E-state index in [-0.39, 0.29) is 30.5 Å². The highest BCUT2D eigenvalue weighted by atomic mass is 127. The number of hydrogen-bond acceptors (Lipinski definition) is 6. The summed E-state index contributed by atoms with van der Waals surface area (Å²) in [6.45, 7) is 5.71. The highest BCUT2D eigenvalue weighted by Gasteiger charge is 2.12. The molecule has 0 saturated heterocycles. The molecule has 0 aliphatic heterocycles. The number of aliphatic hydroxyl groups excluding tert-OH is 1. The first-order valence-electron chi connectivity index (χ1n) is 8.90. The molecule has 0 aliphatic rings. The van der Waals surface area contributed by atoms with Gasteiger partial charge in [0.25, 0.3) is 0 Å². The molecule has 156 valence electrons. The van der Waals surface area contributed by atoms with Crippen molar-refractivity contribution in [2.24, 2.45) is 4.99 Å². The van der Waals surface area contributed by atoms with Gasteiger partial charge in [0.15, 0.2) is 17.5 Å². The van der Waals surface area contributed by atoms with E-state index in [9.17, 15) is 5.11 Å². The zero-order valence-electron chi connectivity index (χ0n) is 16.7. The number of aliphatic hydroxyl groups is 1. The topological polar surface area (TPSA) is 88.0 Å². The van der Waals surface area contributed by atoms with Crippen LogP contribution in [0, 0.1) is 6.92 Å². The van der Waals surface area contributed by atoms with Crippen molar-refractivity contribution in [3.05, 3.63) is 39.8 Å². The molecule has 1 atom stereocenters. The number of nitrogens with one attached hydrogen (secondary N) is 2. The average molecular weight is 520 g/mol. The van der Waals surface area contributed by atoms with Gasteiger partial charge in [-0.15, -0.1) is 35.3 Å². The molecular formula is C19H29IN4O3S. The van der Waals surface area contributed by atoms with Gasteiger partial charge in [-0.25, -0.2) is 4.98 Å². The first-order valence-corrected chi connectivity index (χ1v) is 9.78. The van der Waals surface area contributed by atoms with E-state index in [1.165, 1.54) is 0 Å². The molecule has 28 heavy (non-hydrogen) atoms. The van der Waals surface area contributed by atoms with Gasteiger partial charge in [0.2, 0.25) is 0 Å². The number of hydrogen-bond donors (Lipinski definition) is 3. The number of aliphatic imine (C=N–C) groups is 1. The summed E-state index contributed by atoms with van der Waals surface area (Å²) in [5.41, 5.74) is 1.80. The Bertz CT molecular complexity index is 755. The summed E-state index contributed by atoms with van der Waals surface area (Å²) in [4.78, 5) is 8.93. The summed E-state index contributed by atoms with van der Waals surface area (Å²) >= 11 is 1.65. The number of guanidine groups is 1.